The van der Waals surface area contributed by atoms with E-state index in [4.69, 9.17) is 4.74 Å². The lowest BCUT2D eigenvalue weighted by Gasteiger charge is -2.22. The Hall–Kier alpha value is -2.38. The fourth-order valence-corrected chi connectivity index (χ4v) is 2.89. The van der Waals surface area contributed by atoms with Crippen LogP contribution in [0, 0.1) is 17.7 Å². The van der Waals surface area contributed by atoms with Crippen LogP contribution in [-0.4, -0.2) is 18.1 Å². The van der Waals surface area contributed by atoms with Gasteiger partial charge in [-0.25, -0.2) is 9.37 Å². The Morgan fingerprint density at radius 2 is 2.08 bits per heavy atom. The molecular formula is C20H21FN2O. The maximum atomic E-state index is 14.1. The third-order valence-electron chi connectivity index (χ3n) is 4.20. The first-order valence-corrected chi connectivity index (χ1v) is 8.28. The molecule has 1 aromatic carbocycles. The van der Waals surface area contributed by atoms with Crippen molar-refractivity contribution in [3.63, 3.8) is 0 Å². The molecule has 0 radical (unpaired) electrons. The van der Waals surface area contributed by atoms with E-state index in [0.29, 0.717) is 22.9 Å². The topological polar surface area (TPSA) is 34.1 Å². The molecule has 1 aliphatic heterocycles. The highest BCUT2D eigenvalue weighted by Gasteiger charge is 2.16. The van der Waals surface area contributed by atoms with Crippen molar-refractivity contribution in [1.82, 2.24) is 10.3 Å². The molecule has 3 rings (SSSR count). The molecule has 0 bridgehead atoms. The highest BCUT2D eigenvalue weighted by Crippen LogP contribution is 2.25. The van der Waals surface area contributed by atoms with Crippen LogP contribution in [0.15, 0.2) is 36.4 Å². The van der Waals surface area contributed by atoms with Gasteiger partial charge in [-0.2, -0.15) is 0 Å². The Labute approximate surface area is 142 Å². The maximum Gasteiger partial charge on any atom is 0.213 e. The van der Waals surface area contributed by atoms with Crippen molar-refractivity contribution in [3.05, 3.63) is 59.0 Å². The normalized spacial score (nSPS) is 14.8. The molecule has 24 heavy (non-hydrogen) atoms. The van der Waals surface area contributed by atoms with Crippen LogP contribution >= 0.6 is 0 Å². The van der Waals surface area contributed by atoms with E-state index >= 15 is 0 Å². The highest BCUT2D eigenvalue weighted by molar-refractivity contribution is 5.36. The number of piperidine rings is 1. The monoisotopic (exact) mass is 324 g/mol. The minimum atomic E-state index is -0.301. The third kappa shape index (κ3) is 4.12. The zero-order valence-electron chi connectivity index (χ0n) is 13.8. The lowest BCUT2D eigenvalue weighted by molar-refractivity contribution is 0.286. The van der Waals surface area contributed by atoms with Gasteiger partial charge in [0, 0.05) is 28.8 Å². The maximum absolute atomic E-state index is 14.1. The average Bonchev–Trinajstić information content (AvgIpc) is 2.62. The number of rotatable bonds is 4. The van der Waals surface area contributed by atoms with Gasteiger partial charge in [-0.1, -0.05) is 18.1 Å². The summed E-state index contributed by atoms with van der Waals surface area (Å²) in [5.74, 6) is 6.32. The quantitative estimate of drug-likeness (QED) is 0.872. The summed E-state index contributed by atoms with van der Waals surface area (Å²) in [6, 6.07) is 10.8. The molecule has 1 saturated heterocycles. The summed E-state index contributed by atoms with van der Waals surface area (Å²) in [6.45, 7) is 3.94. The van der Waals surface area contributed by atoms with Crippen LogP contribution in [-0.2, 0) is 6.61 Å². The van der Waals surface area contributed by atoms with E-state index in [1.807, 2.05) is 18.2 Å². The number of hydrogen-bond acceptors (Lipinski definition) is 3. The molecule has 1 N–H and O–H groups in total. The zero-order valence-corrected chi connectivity index (χ0v) is 13.8. The Kier molecular flexibility index (Phi) is 5.45. The molecule has 0 atom stereocenters. The molecular weight excluding hydrogens is 303 g/mol. The number of hydrogen-bond donors (Lipinski definition) is 1. The van der Waals surface area contributed by atoms with Crippen LogP contribution in [0.5, 0.6) is 5.88 Å². The minimum Gasteiger partial charge on any atom is -0.473 e. The molecule has 2 aromatic rings. The molecule has 0 saturated carbocycles. The SMILES string of the molecule is CC#Cc1ccc(COc2cccc(C3CCNCC3)n2)c(F)c1. The molecule has 0 unspecified atom stereocenters. The fourth-order valence-electron chi connectivity index (χ4n) is 2.89. The van der Waals surface area contributed by atoms with E-state index in [1.54, 1.807) is 19.1 Å². The van der Waals surface area contributed by atoms with E-state index < -0.39 is 0 Å². The van der Waals surface area contributed by atoms with Gasteiger partial charge in [0.25, 0.3) is 0 Å². The predicted molar refractivity (Wildman–Crippen MR) is 92.4 cm³/mol. The first-order valence-electron chi connectivity index (χ1n) is 8.28. The van der Waals surface area contributed by atoms with Crippen molar-refractivity contribution in [2.24, 2.45) is 0 Å². The number of aromatic nitrogens is 1. The predicted octanol–water partition coefficient (Wildman–Crippen LogP) is 3.64. The molecule has 124 valence electrons. The molecule has 3 nitrogen and oxygen atoms in total. The lowest BCUT2D eigenvalue weighted by atomic mass is 9.94. The summed E-state index contributed by atoms with van der Waals surface area (Å²) in [6.07, 6.45) is 2.18. The van der Waals surface area contributed by atoms with Crippen LogP contribution < -0.4 is 10.1 Å². The van der Waals surface area contributed by atoms with E-state index in [1.165, 1.54) is 6.07 Å². The van der Waals surface area contributed by atoms with Crippen molar-refractivity contribution in [3.8, 4) is 17.7 Å². The minimum absolute atomic E-state index is 0.161. The van der Waals surface area contributed by atoms with Gasteiger partial charge in [0.05, 0.1) is 0 Å². The van der Waals surface area contributed by atoms with Gasteiger partial charge in [0.15, 0.2) is 0 Å². The summed E-state index contributed by atoms with van der Waals surface area (Å²) in [4.78, 5) is 4.59. The van der Waals surface area contributed by atoms with Crippen molar-refractivity contribution >= 4 is 0 Å². The molecule has 1 fully saturated rings. The van der Waals surface area contributed by atoms with Crippen molar-refractivity contribution in [2.45, 2.75) is 32.3 Å². The number of nitrogens with one attached hydrogen (secondary N) is 1. The molecule has 1 aromatic heterocycles. The Morgan fingerprint density at radius 1 is 1.25 bits per heavy atom. The second kappa shape index (κ2) is 7.94. The van der Waals surface area contributed by atoms with Crippen LogP contribution in [0.1, 0.15) is 42.5 Å². The largest absolute Gasteiger partial charge is 0.473 e. The smallest absolute Gasteiger partial charge is 0.213 e. The fraction of sp³-hybridized carbons (Fsp3) is 0.350. The molecule has 0 amide bonds. The van der Waals surface area contributed by atoms with E-state index in [2.05, 4.69) is 22.1 Å². The summed E-state index contributed by atoms with van der Waals surface area (Å²) in [5, 5.41) is 3.36. The van der Waals surface area contributed by atoms with Gasteiger partial charge in [-0.15, -0.1) is 5.92 Å². The molecule has 2 heterocycles. The van der Waals surface area contributed by atoms with Gasteiger partial charge in [0.2, 0.25) is 5.88 Å². The third-order valence-corrected chi connectivity index (χ3v) is 4.20. The molecule has 0 aliphatic carbocycles. The number of nitrogens with zero attached hydrogens (tertiary/aromatic N) is 1. The second-order valence-electron chi connectivity index (χ2n) is 5.89. The average molecular weight is 324 g/mol. The van der Waals surface area contributed by atoms with Crippen molar-refractivity contribution < 1.29 is 9.13 Å². The standard InChI is InChI=1S/C20H21FN2O/c1-2-4-15-7-8-17(18(21)13-15)14-24-20-6-3-5-19(23-20)16-9-11-22-12-10-16/h3,5-8,13,16,22H,9-12,14H2,1H3. The summed E-state index contributed by atoms with van der Waals surface area (Å²) >= 11 is 0. The first-order chi connectivity index (χ1) is 11.8. The Morgan fingerprint density at radius 3 is 2.83 bits per heavy atom. The van der Waals surface area contributed by atoms with Crippen LogP contribution in [0.25, 0.3) is 0 Å². The lowest BCUT2D eigenvalue weighted by Crippen LogP contribution is -2.27. The van der Waals surface area contributed by atoms with Gasteiger partial charge in [0.1, 0.15) is 12.4 Å². The number of ether oxygens (including phenoxy) is 1. The van der Waals surface area contributed by atoms with Gasteiger partial charge >= 0.3 is 0 Å². The number of pyridine rings is 1. The summed E-state index contributed by atoms with van der Waals surface area (Å²) in [7, 11) is 0. The van der Waals surface area contributed by atoms with E-state index in [0.717, 1.165) is 31.6 Å². The van der Waals surface area contributed by atoms with E-state index in [-0.39, 0.29) is 12.4 Å². The van der Waals surface area contributed by atoms with Crippen molar-refractivity contribution in [1.29, 1.82) is 0 Å². The summed E-state index contributed by atoms with van der Waals surface area (Å²) in [5.41, 5.74) is 2.23. The van der Waals surface area contributed by atoms with E-state index in [9.17, 15) is 4.39 Å². The van der Waals surface area contributed by atoms with Gasteiger partial charge < -0.3 is 10.1 Å². The van der Waals surface area contributed by atoms with Crippen LogP contribution in [0.2, 0.25) is 0 Å². The van der Waals surface area contributed by atoms with Gasteiger partial charge in [-0.05, 0) is 51.1 Å². The number of benzene rings is 1. The zero-order chi connectivity index (χ0) is 16.8. The van der Waals surface area contributed by atoms with Crippen LogP contribution in [0.3, 0.4) is 0 Å². The Balaban J connectivity index is 1.67. The Bertz CT molecular complexity index is 758. The van der Waals surface area contributed by atoms with Gasteiger partial charge in [-0.3, -0.25) is 0 Å². The number of halogens is 1. The highest BCUT2D eigenvalue weighted by atomic mass is 19.1. The molecule has 1 aliphatic rings. The van der Waals surface area contributed by atoms with Crippen LogP contribution in [0.4, 0.5) is 4.39 Å². The molecule has 0 spiro atoms. The molecule has 4 heteroatoms. The van der Waals surface area contributed by atoms with Crippen molar-refractivity contribution in [2.75, 3.05) is 13.1 Å². The summed E-state index contributed by atoms with van der Waals surface area (Å²) < 4.78 is 19.8. The first kappa shape index (κ1) is 16.5. The second-order valence-corrected chi connectivity index (χ2v) is 5.89.